The lowest BCUT2D eigenvalue weighted by atomic mass is 9.94. The Morgan fingerprint density at radius 3 is 2.53 bits per heavy atom. The van der Waals surface area contributed by atoms with Crippen LogP contribution in [0.25, 0.3) is 10.8 Å². The third-order valence-corrected chi connectivity index (χ3v) is 3.22. The fourth-order valence-corrected chi connectivity index (χ4v) is 2.38. The fraction of sp³-hybridized carbons (Fsp3) is 0.143. The molecule has 0 radical (unpaired) electrons. The second kappa shape index (κ2) is 4.37. The fourth-order valence-electron chi connectivity index (χ4n) is 2.38. The monoisotopic (exact) mass is 255 g/mol. The van der Waals surface area contributed by atoms with E-state index in [1.54, 1.807) is 12.1 Å². The summed E-state index contributed by atoms with van der Waals surface area (Å²) in [7, 11) is 0. The minimum Gasteiger partial charge on any atom is -0.383 e. The minimum atomic E-state index is -0.348. The summed E-state index contributed by atoms with van der Waals surface area (Å²) in [5.74, 6) is -0.696. The first kappa shape index (κ1) is 11.7. The highest BCUT2D eigenvalue weighted by Gasteiger charge is 2.25. The molecule has 0 aromatic heterocycles. The maximum atomic E-state index is 11.8. The first-order chi connectivity index (χ1) is 9.22. The van der Waals surface area contributed by atoms with Crippen LogP contribution in [0, 0.1) is 0 Å². The average molecular weight is 255 g/mol. The molecule has 5 heteroatoms. The Labute approximate surface area is 109 Å². The number of hydrogen-bond donors (Lipinski definition) is 3. The van der Waals surface area contributed by atoms with Gasteiger partial charge in [0.25, 0.3) is 11.8 Å². The zero-order chi connectivity index (χ0) is 13.4. The van der Waals surface area contributed by atoms with Crippen molar-refractivity contribution < 1.29 is 9.59 Å². The van der Waals surface area contributed by atoms with E-state index in [1.807, 2.05) is 18.2 Å². The molecule has 0 aliphatic carbocycles. The van der Waals surface area contributed by atoms with Gasteiger partial charge in [-0.15, -0.1) is 0 Å². The summed E-state index contributed by atoms with van der Waals surface area (Å²) < 4.78 is 0. The van der Waals surface area contributed by atoms with Crippen LogP contribution in [0.4, 0.5) is 5.69 Å². The molecule has 2 amide bonds. The smallest absolute Gasteiger partial charge is 0.258 e. The van der Waals surface area contributed by atoms with Crippen molar-refractivity contribution in [3.63, 3.8) is 0 Å². The van der Waals surface area contributed by atoms with Crippen molar-refractivity contribution in [3.05, 3.63) is 41.5 Å². The van der Waals surface area contributed by atoms with Crippen molar-refractivity contribution in [1.82, 2.24) is 5.32 Å². The summed E-state index contributed by atoms with van der Waals surface area (Å²) in [5.41, 5.74) is 7.43. The van der Waals surface area contributed by atoms with Gasteiger partial charge in [0, 0.05) is 40.7 Å². The number of anilines is 1. The largest absolute Gasteiger partial charge is 0.383 e. The number of benzene rings is 2. The number of imide groups is 1. The van der Waals surface area contributed by atoms with Gasteiger partial charge in [0.15, 0.2) is 0 Å². The van der Waals surface area contributed by atoms with Gasteiger partial charge in [-0.05, 0) is 18.2 Å². The molecular formula is C14H13N3O2. The molecule has 1 aliphatic heterocycles. The molecule has 4 N–H and O–H groups in total. The lowest BCUT2D eigenvalue weighted by molar-refractivity contribution is 0.0845. The van der Waals surface area contributed by atoms with Crippen LogP contribution in [-0.4, -0.2) is 24.9 Å². The van der Waals surface area contributed by atoms with Crippen LogP contribution >= 0.6 is 0 Å². The Morgan fingerprint density at radius 2 is 1.79 bits per heavy atom. The quantitative estimate of drug-likeness (QED) is 0.717. The van der Waals surface area contributed by atoms with E-state index >= 15 is 0 Å². The molecule has 3 rings (SSSR count). The zero-order valence-corrected chi connectivity index (χ0v) is 10.2. The first-order valence-electron chi connectivity index (χ1n) is 6.07. The van der Waals surface area contributed by atoms with Crippen LogP contribution in [0.15, 0.2) is 30.3 Å². The van der Waals surface area contributed by atoms with Crippen molar-refractivity contribution in [2.24, 2.45) is 5.73 Å². The normalized spacial score (nSPS) is 13.5. The summed E-state index contributed by atoms with van der Waals surface area (Å²) >= 11 is 0. The van der Waals surface area contributed by atoms with Crippen LogP contribution in [0.2, 0.25) is 0 Å². The molecule has 0 atom stereocenters. The van der Waals surface area contributed by atoms with Gasteiger partial charge >= 0.3 is 0 Å². The Hall–Kier alpha value is -2.40. The van der Waals surface area contributed by atoms with Crippen molar-refractivity contribution >= 4 is 28.3 Å². The molecule has 0 bridgehead atoms. The van der Waals surface area contributed by atoms with Crippen molar-refractivity contribution in [2.45, 2.75) is 0 Å². The molecule has 2 aromatic rings. The Morgan fingerprint density at radius 1 is 1.05 bits per heavy atom. The summed E-state index contributed by atoms with van der Waals surface area (Å²) in [5, 5.41) is 7.12. The number of carbonyl (C=O) groups is 2. The van der Waals surface area contributed by atoms with E-state index in [0.717, 1.165) is 11.1 Å². The molecule has 1 aliphatic rings. The molecule has 0 fully saturated rings. The molecule has 5 nitrogen and oxygen atoms in total. The van der Waals surface area contributed by atoms with Crippen molar-refractivity contribution in [3.8, 4) is 0 Å². The highest BCUT2D eigenvalue weighted by molar-refractivity contribution is 6.26. The number of nitrogens with one attached hydrogen (secondary N) is 2. The predicted molar refractivity (Wildman–Crippen MR) is 73.3 cm³/mol. The molecule has 2 aromatic carbocycles. The lowest BCUT2D eigenvalue weighted by Crippen LogP contribution is -2.34. The second-order valence-electron chi connectivity index (χ2n) is 4.39. The molecular weight excluding hydrogens is 242 g/mol. The molecule has 19 heavy (non-hydrogen) atoms. The molecule has 0 saturated carbocycles. The topological polar surface area (TPSA) is 84.2 Å². The maximum absolute atomic E-state index is 11.8. The van der Waals surface area contributed by atoms with Crippen LogP contribution in [-0.2, 0) is 0 Å². The van der Waals surface area contributed by atoms with Gasteiger partial charge < -0.3 is 11.1 Å². The van der Waals surface area contributed by atoms with E-state index in [4.69, 9.17) is 5.73 Å². The molecule has 0 unspecified atom stereocenters. The maximum Gasteiger partial charge on any atom is 0.258 e. The van der Waals surface area contributed by atoms with Gasteiger partial charge in [-0.25, -0.2) is 0 Å². The average Bonchev–Trinajstić information content (AvgIpc) is 2.42. The van der Waals surface area contributed by atoms with E-state index in [9.17, 15) is 9.59 Å². The second-order valence-corrected chi connectivity index (χ2v) is 4.39. The van der Waals surface area contributed by atoms with Crippen LogP contribution in [0.1, 0.15) is 20.7 Å². The Kier molecular flexibility index (Phi) is 2.68. The van der Waals surface area contributed by atoms with Gasteiger partial charge in [0.05, 0.1) is 0 Å². The number of rotatable bonds is 3. The van der Waals surface area contributed by atoms with E-state index in [2.05, 4.69) is 10.6 Å². The SMILES string of the molecule is NCCNc1ccc2c3c(cccc13)C(=O)NC2=O. The van der Waals surface area contributed by atoms with Crippen LogP contribution in [0.3, 0.4) is 0 Å². The Balaban J connectivity index is 2.29. The molecule has 1 heterocycles. The summed E-state index contributed by atoms with van der Waals surface area (Å²) in [6.07, 6.45) is 0. The van der Waals surface area contributed by atoms with Gasteiger partial charge in [0.2, 0.25) is 0 Å². The van der Waals surface area contributed by atoms with E-state index < -0.39 is 0 Å². The van der Waals surface area contributed by atoms with E-state index in [-0.39, 0.29) is 11.8 Å². The Bertz CT molecular complexity index is 674. The molecule has 0 spiro atoms. The zero-order valence-electron chi connectivity index (χ0n) is 10.2. The molecule has 0 saturated heterocycles. The third kappa shape index (κ3) is 1.75. The number of carbonyl (C=O) groups excluding carboxylic acids is 2. The van der Waals surface area contributed by atoms with Crippen molar-refractivity contribution in [2.75, 3.05) is 18.4 Å². The number of hydrogen-bond acceptors (Lipinski definition) is 4. The van der Waals surface area contributed by atoms with Gasteiger partial charge in [0.1, 0.15) is 0 Å². The summed E-state index contributed by atoms with van der Waals surface area (Å²) in [6, 6.07) is 9.00. The number of amides is 2. The summed E-state index contributed by atoms with van der Waals surface area (Å²) in [6.45, 7) is 1.15. The van der Waals surface area contributed by atoms with Crippen LogP contribution < -0.4 is 16.4 Å². The van der Waals surface area contributed by atoms with E-state index in [0.29, 0.717) is 29.6 Å². The lowest BCUT2D eigenvalue weighted by Gasteiger charge is -2.18. The highest BCUT2D eigenvalue weighted by Crippen LogP contribution is 2.31. The number of nitrogens with two attached hydrogens (primary N) is 1. The third-order valence-electron chi connectivity index (χ3n) is 3.22. The standard InChI is InChI=1S/C14H13N3O2/c15-6-7-16-11-5-4-10-12-8(11)2-1-3-9(12)13(18)17-14(10)19/h1-5,16H,6-7,15H2,(H,17,18,19). The first-order valence-corrected chi connectivity index (χ1v) is 6.07. The van der Waals surface area contributed by atoms with E-state index in [1.165, 1.54) is 0 Å². The minimum absolute atomic E-state index is 0.348. The van der Waals surface area contributed by atoms with Crippen molar-refractivity contribution in [1.29, 1.82) is 0 Å². The summed E-state index contributed by atoms with van der Waals surface area (Å²) in [4.78, 5) is 23.7. The highest BCUT2D eigenvalue weighted by atomic mass is 16.2. The predicted octanol–water partition coefficient (Wildman–Crippen LogP) is 1.09. The van der Waals surface area contributed by atoms with Gasteiger partial charge in [-0.1, -0.05) is 12.1 Å². The molecule has 96 valence electrons. The van der Waals surface area contributed by atoms with Gasteiger partial charge in [-0.2, -0.15) is 0 Å². The van der Waals surface area contributed by atoms with Crippen LogP contribution in [0.5, 0.6) is 0 Å². The van der Waals surface area contributed by atoms with Gasteiger partial charge in [-0.3, -0.25) is 14.9 Å².